The molecule has 0 unspecified atom stereocenters. The smallest absolute Gasteiger partial charge is 0.133 e. The van der Waals surface area contributed by atoms with E-state index in [9.17, 15) is 0 Å². The average Bonchev–Trinajstić information content (AvgIpc) is 2.93. The number of rotatable bonds is 6. The lowest BCUT2D eigenvalue weighted by atomic mass is 10.1. The van der Waals surface area contributed by atoms with Crippen LogP contribution >= 0.6 is 0 Å². The van der Waals surface area contributed by atoms with Crippen LogP contribution in [0.5, 0.6) is 0 Å². The standard InChI is InChI=1S/C15H21N3O/c1-4-6-13-17-14(12-7-9-19-10-12)11(3)15(18-13)16-8-5-2/h7,9-10H,4-6,8H2,1-3H3,(H,16,17,18). The highest BCUT2D eigenvalue weighted by atomic mass is 16.3. The van der Waals surface area contributed by atoms with Crippen molar-refractivity contribution in [3.8, 4) is 11.3 Å². The largest absolute Gasteiger partial charge is 0.472 e. The minimum atomic E-state index is 0.892. The van der Waals surface area contributed by atoms with Crippen molar-refractivity contribution in [2.75, 3.05) is 11.9 Å². The zero-order chi connectivity index (χ0) is 13.7. The van der Waals surface area contributed by atoms with Crippen molar-refractivity contribution in [1.82, 2.24) is 9.97 Å². The first kappa shape index (κ1) is 13.6. The summed E-state index contributed by atoms with van der Waals surface area (Å²) in [6.07, 6.45) is 6.42. The maximum Gasteiger partial charge on any atom is 0.133 e. The molecule has 0 aliphatic carbocycles. The fourth-order valence-electron chi connectivity index (χ4n) is 1.99. The molecule has 0 aliphatic heterocycles. The molecule has 2 aromatic heterocycles. The molecular formula is C15H21N3O. The first-order chi connectivity index (χ1) is 9.26. The van der Waals surface area contributed by atoms with Gasteiger partial charge >= 0.3 is 0 Å². The van der Waals surface area contributed by atoms with Crippen LogP contribution in [-0.4, -0.2) is 16.5 Å². The van der Waals surface area contributed by atoms with Crippen molar-refractivity contribution in [1.29, 1.82) is 0 Å². The van der Waals surface area contributed by atoms with Crippen molar-refractivity contribution < 1.29 is 4.42 Å². The summed E-state index contributed by atoms with van der Waals surface area (Å²) in [7, 11) is 0. The van der Waals surface area contributed by atoms with Gasteiger partial charge in [0.2, 0.25) is 0 Å². The quantitative estimate of drug-likeness (QED) is 0.856. The average molecular weight is 259 g/mol. The van der Waals surface area contributed by atoms with E-state index in [1.54, 1.807) is 12.5 Å². The third-order valence-corrected chi connectivity index (χ3v) is 3.00. The summed E-state index contributed by atoms with van der Waals surface area (Å²) in [4.78, 5) is 9.28. The van der Waals surface area contributed by atoms with Gasteiger partial charge in [0.25, 0.3) is 0 Å². The Hall–Kier alpha value is -1.84. The van der Waals surface area contributed by atoms with Crippen molar-refractivity contribution in [2.45, 2.75) is 40.0 Å². The third kappa shape index (κ3) is 3.13. The second-order valence-corrected chi connectivity index (χ2v) is 4.65. The van der Waals surface area contributed by atoms with Gasteiger partial charge in [0, 0.05) is 24.1 Å². The van der Waals surface area contributed by atoms with E-state index in [4.69, 9.17) is 4.42 Å². The first-order valence-electron chi connectivity index (χ1n) is 6.90. The number of hydrogen-bond donors (Lipinski definition) is 1. The zero-order valence-electron chi connectivity index (χ0n) is 11.9. The highest BCUT2D eigenvalue weighted by Crippen LogP contribution is 2.26. The Morgan fingerprint density at radius 2 is 2.05 bits per heavy atom. The van der Waals surface area contributed by atoms with Gasteiger partial charge in [-0.25, -0.2) is 9.97 Å². The fraction of sp³-hybridized carbons (Fsp3) is 0.467. The van der Waals surface area contributed by atoms with Gasteiger partial charge in [0.1, 0.15) is 11.6 Å². The first-order valence-corrected chi connectivity index (χ1v) is 6.90. The van der Waals surface area contributed by atoms with E-state index in [1.165, 1.54) is 0 Å². The maximum absolute atomic E-state index is 5.16. The van der Waals surface area contributed by atoms with E-state index in [-0.39, 0.29) is 0 Å². The van der Waals surface area contributed by atoms with Crippen LogP contribution < -0.4 is 5.32 Å². The van der Waals surface area contributed by atoms with Crippen molar-refractivity contribution in [3.05, 3.63) is 30.0 Å². The second-order valence-electron chi connectivity index (χ2n) is 4.65. The molecule has 0 aromatic carbocycles. The minimum Gasteiger partial charge on any atom is -0.472 e. The fourth-order valence-corrected chi connectivity index (χ4v) is 1.99. The maximum atomic E-state index is 5.16. The zero-order valence-corrected chi connectivity index (χ0v) is 11.9. The normalized spacial score (nSPS) is 10.7. The highest BCUT2D eigenvalue weighted by molar-refractivity contribution is 5.67. The van der Waals surface area contributed by atoms with E-state index in [0.29, 0.717) is 0 Å². The van der Waals surface area contributed by atoms with Crippen molar-refractivity contribution in [3.63, 3.8) is 0 Å². The van der Waals surface area contributed by atoms with Crippen molar-refractivity contribution in [2.24, 2.45) is 0 Å². The lowest BCUT2D eigenvalue weighted by Crippen LogP contribution is -2.09. The Labute approximate surface area is 114 Å². The molecule has 0 atom stereocenters. The number of hydrogen-bond acceptors (Lipinski definition) is 4. The monoisotopic (exact) mass is 259 g/mol. The third-order valence-electron chi connectivity index (χ3n) is 3.00. The Morgan fingerprint density at radius 1 is 1.21 bits per heavy atom. The van der Waals surface area contributed by atoms with Crippen LogP contribution in [0.3, 0.4) is 0 Å². The number of aryl methyl sites for hydroxylation is 1. The van der Waals surface area contributed by atoms with E-state index in [2.05, 4.69) is 36.1 Å². The number of nitrogens with zero attached hydrogens (tertiary/aromatic N) is 2. The summed E-state index contributed by atoms with van der Waals surface area (Å²) in [6.45, 7) is 7.26. The molecule has 2 aromatic rings. The number of anilines is 1. The summed E-state index contributed by atoms with van der Waals surface area (Å²) in [5.41, 5.74) is 3.05. The second kappa shape index (κ2) is 6.36. The van der Waals surface area contributed by atoms with Crippen LogP contribution in [0.25, 0.3) is 11.3 Å². The number of nitrogens with one attached hydrogen (secondary N) is 1. The lowest BCUT2D eigenvalue weighted by molar-refractivity contribution is 0.568. The van der Waals surface area contributed by atoms with E-state index in [1.807, 2.05) is 6.07 Å². The van der Waals surface area contributed by atoms with E-state index in [0.717, 1.165) is 54.3 Å². The molecule has 0 aliphatic rings. The molecule has 102 valence electrons. The summed E-state index contributed by atoms with van der Waals surface area (Å²) >= 11 is 0. The topological polar surface area (TPSA) is 51.0 Å². The summed E-state index contributed by atoms with van der Waals surface area (Å²) in [5.74, 6) is 1.83. The van der Waals surface area contributed by atoms with Crippen LogP contribution in [0.1, 0.15) is 38.1 Å². The molecule has 0 saturated heterocycles. The molecule has 2 rings (SSSR count). The number of aromatic nitrogens is 2. The molecule has 4 heteroatoms. The van der Waals surface area contributed by atoms with E-state index < -0.39 is 0 Å². The predicted octanol–water partition coefficient (Wildman–Crippen LogP) is 3.82. The Morgan fingerprint density at radius 3 is 2.68 bits per heavy atom. The van der Waals surface area contributed by atoms with Crippen LogP contribution in [0.4, 0.5) is 5.82 Å². The molecular weight excluding hydrogens is 238 g/mol. The molecule has 0 bridgehead atoms. The van der Waals surface area contributed by atoms with Gasteiger partial charge in [-0.3, -0.25) is 0 Å². The number of furan rings is 1. The van der Waals surface area contributed by atoms with Crippen LogP contribution in [0.15, 0.2) is 23.0 Å². The van der Waals surface area contributed by atoms with Gasteiger partial charge in [0.15, 0.2) is 0 Å². The van der Waals surface area contributed by atoms with Crippen molar-refractivity contribution >= 4 is 5.82 Å². The molecule has 1 N–H and O–H groups in total. The summed E-state index contributed by atoms with van der Waals surface area (Å²) in [5, 5.41) is 3.38. The highest BCUT2D eigenvalue weighted by Gasteiger charge is 2.12. The molecule has 0 amide bonds. The molecule has 2 heterocycles. The molecule has 4 nitrogen and oxygen atoms in total. The molecule has 0 fully saturated rings. The van der Waals surface area contributed by atoms with Gasteiger partial charge in [0.05, 0.1) is 18.2 Å². The minimum absolute atomic E-state index is 0.892. The van der Waals surface area contributed by atoms with Gasteiger partial charge in [-0.1, -0.05) is 13.8 Å². The van der Waals surface area contributed by atoms with Gasteiger partial charge in [-0.2, -0.15) is 0 Å². The lowest BCUT2D eigenvalue weighted by Gasteiger charge is -2.12. The van der Waals surface area contributed by atoms with E-state index >= 15 is 0 Å². The predicted molar refractivity (Wildman–Crippen MR) is 77.2 cm³/mol. The summed E-state index contributed by atoms with van der Waals surface area (Å²) < 4.78 is 5.16. The molecule has 0 radical (unpaired) electrons. The molecule has 0 spiro atoms. The Bertz CT molecular complexity index is 520. The van der Waals surface area contributed by atoms with Gasteiger partial charge in [-0.15, -0.1) is 0 Å². The SMILES string of the molecule is CCCNc1nc(CCC)nc(-c2ccoc2)c1C. The Kier molecular flexibility index (Phi) is 4.55. The molecule has 0 saturated carbocycles. The van der Waals surface area contributed by atoms with Crippen LogP contribution in [0.2, 0.25) is 0 Å². The molecule has 19 heavy (non-hydrogen) atoms. The summed E-state index contributed by atoms with van der Waals surface area (Å²) in [6, 6.07) is 1.94. The van der Waals surface area contributed by atoms with Gasteiger partial charge < -0.3 is 9.73 Å². The Balaban J connectivity index is 2.43. The van der Waals surface area contributed by atoms with Gasteiger partial charge in [-0.05, 0) is 25.8 Å². The van der Waals surface area contributed by atoms with Crippen LogP contribution in [-0.2, 0) is 6.42 Å². The van der Waals surface area contributed by atoms with Crippen LogP contribution in [0, 0.1) is 6.92 Å².